The minimum absolute atomic E-state index is 0.0828. The largest absolute Gasteiger partial charge is 0.354 e. The normalized spacial score (nSPS) is 19.3. The van der Waals surface area contributed by atoms with Gasteiger partial charge in [-0.25, -0.2) is 4.68 Å². The van der Waals surface area contributed by atoms with Crippen molar-refractivity contribution in [3.8, 4) is 0 Å². The number of para-hydroxylation sites is 1. The van der Waals surface area contributed by atoms with Crippen LogP contribution in [-0.2, 0) is 6.42 Å². The first-order valence-corrected chi connectivity index (χ1v) is 12.8. The number of rotatable bonds is 4. The number of nitrogens with one attached hydrogen (secondary N) is 1. The predicted molar refractivity (Wildman–Crippen MR) is 138 cm³/mol. The molecule has 0 bridgehead atoms. The summed E-state index contributed by atoms with van der Waals surface area (Å²) in [6.07, 6.45) is 6.71. The zero-order valence-corrected chi connectivity index (χ0v) is 20.7. The highest BCUT2D eigenvalue weighted by Crippen LogP contribution is 2.41. The van der Waals surface area contributed by atoms with Gasteiger partial charge in [-0.05, 0) is 96.8 Å². The highest BCUT2D eigenvalue weighted by molar-refractivity contribution is 5.81. The molecule has 7 heteroatoms. The third kappa shape index (κ3) is 3.74. The second-order valence-corrected chi connectivity index (χ2v) is 10.3. The molecule has 0 amide bonds. The van der Waals surface area contributed by atoms with Crippen LogP contribution in [0.25, 0.3) is 10.9 Å². The molecule has 1 N–H and O–H groups in total. The Kier molecular flexibility index (Phi) is 5.43. The van der Waals surface area contributed by atoms with Crippen molar-refractivity contribution in [1.29, 1.82) is 0 Å². The molecule has 2 aliphatic rings. The third-order valence-corrected chi connectivity index (χ3v) is 8.00. The van der Waals surface area contributed by atoms with E-state index in [1.54, 1.807) is 0 Å². The molecule has 4 aromatic rings. The van der Waals surface area contributed by atoms with E-state index in [4.69, 9.17) is 0 Å². The van der Waals surface area contributed by atoms with Gasteiger partial charge in [0.15, 0.2) is 5.82 Å². The van der Waals surface area contributed by atoms with Gasteiger partial charge >= 0.3 is 0 Å². The maximum atomic E-state index is 13.7. The molecule has 1 aliphatic heterocycles. The summed E-state index contributed by atoms with van der Waals surface area (Å²) < 4.78 is 2.02. The molecule has 1 saturated carbocycles. The number of aromatic amines is 1. The van der Waals surface area contributed by atoms with Crippen molar-refractivity contribution in [3.05, 3.63) is 80.9 Å². The van der Waals surface area contributed by atoms with Gasteiger partial charge in [0.25, 0.3) is 5.56 Å². The Hall–Kier alpha value is -3.48. The molecule has 0 radical (unpaired) electrons. The summed E-state index contributed by atoms with van der Waals surface area (Å²) in [4.78, 5) is 19.2. The minimum atomic E-state index is -0.375. The maximum Gasteiger partial charge on any atom is 0.254 e. The van der Waals surface area contributed by atoms with E-state index in [1.807, 2.05) is 4.68 Å². The third-order valence-electron chi connectivity index (χ3n) is 8.00. The monoisotopic (exact) mass is 468 g/mol. The first kappa shape index (κ1) is 22.0. The number of aromatic nitrogens is 5. The number of H-pyrrole nitrogens is 1. The summed E-state index contributed by atoms with van der Waals surface area (Å²) in [6, 6.07) is 14.9. The van der Waals surface area contributed by atoms with Crippen LogP contribution in [0.5, 0.6) is 0 Å². The van der Waals surface area contributed by atoms with E-state index >= 15 is 0 Å². The zero-order chi connectivity index (χ0) is 24.1. The highest BCUT2D eigenvalue weighted by atomic mass is 16.1. The molecule has 1 aliphatic carbocycles. The van der Waals surface area contributed by atoms with Gasteiger partial charge in [0, 0.05) is 22.8 Å². The van der Waals surface area contributed by atoms with Gasteiger partial charge < -0.3 is 9.88 Å². The number of benzene rings is 2. The van der Waals surface area contributed by atoms with Gasteiger partial charge in [0.05, 0.1) is 6.04 Å². The number of nitrogens with zero attached hydrogens (tertiary/aromatic N) is 5. The van der Waals surface area contributed by atoms with Gasteiger partial charge in [-0.3, -0.25) is 4.79 Å². The fourth-order valence-electron chi connectivity index (χ4n) is 6.06. The number of fused-ring (bicyclic) bond motifs is 2. The maximum absolute atomic E-state index is 13.7. The van der Waals surface area contributed by atoms with Gasteiger partial charge in [-0.2, -0.15) is 0 Å². The molecule has 1 fully saturated rings. The fourth-order valence-corrected chi connectivity index (χ4v) is 6.06. The summed E-state index contributed by atoms with van der Waals surface area (Å²) in [7, 11) is 0. The Balaban J connectivity index is 1.57. The lowest BCUT2D eigenvalue weighted by atomic mass is 9.94. The lowest BCUT2D eigenvalue weighted by Crippen LogP contribution is -2.39. The van der Waals surface area contributed by atoms with Crippen molar-refractivity contribution < 1.29 is 0 Å². The van der Waals surface area contributed by atoms with E-state index in [2.05, 4.69) is 88.6 Å². The van der Waals surface area contributed by atoms with Crippen molar-refractivity contribution in [2.45, 2.75) is 77.4 Å². The van der Waals surface area contributed by atoms with Gasteiger partial charge in [0.1, 0.15) is 6.04 Å². The molecular formula is C28H32N6O. The van der Waals surface area contributed by atoms with Crippen LogP contribution in [0.3, 0.4) is 0 Å². The van der Waals surface area contributed by atoms with Crippen molar-refractivity contribution in [1.82, 2.24) is 25.2 Å². The molecule has 0 spiro atoms. The summed E-state index contributed by atoms with van der Waals surface area (Å²) in [5.74, 6) is 0.758. The van der Waals surface area contributed by atoms with Crippen LogP contribution in [0.15, 0.2) is 47.3 Å². The quantitative estimate of drug-likeness (QED) is 0.447. The van der Waals surface area contributed by atoms with E-state index in [1.165, 1.54) is 36.0 Å². The van der Waals surface area contributed by atoms with Crippen LogP contribution in [0.2, 0.25) is 0 Å². The molecular weight excluding hydrogens is 436 g/mol. The molecule has 3 heterocycles. The highest BCUT2D eigenvalue weighted by Gasteiger charge is 2.38. The Morgan fingerprint density at radius 3 is 2.63 bits per heavy atom. The smallest absolute Gasteiger partial charge is 0.254 e. The SMILES string of the molecule is Cc1cc2cc([C@@H](c3nnnn3C3CCCCC3)N3c4ccccc4C[C@H]3C)c(=O)[nH]c2cc1C. The van der Waals surface area contributed by atoms with Crippen LogP contribution < -0.4 is 10.5 Å². The van der Waals surface area contributed by atoms with Gasteiger partial charge in [-0.15, -0.1) is 5.10 Å². The molecule has 180 valence electrons. The van der Waals surface area contributed by atoms with Crippen molar-refractivity contribution >= 4 is 16.6 Å². The molecule has 2 aromatic carbocycles. The molecule has 2 aromatic heterocycles. The second-order valence-electron chi connectivity index (χ2n) is 10.3. The summed E-state index contributed by atoms with van der Waals surface area (Å²) in [5.41, 5.74) is 6.30. The lowest BCUT2D eigenvalue weighted by Gasteiger charge is -2.34. The van der Waals surface area contributed by atoms with E-state index in [0.29, 0.717) is 5.56 Å². The van der Waals surface area contributed by atoms with Crippen LogP contribution in [-0.4, -0.2) is 31.2 Å². The summed E-state index contributed by atoms with van der Waals surface area (Å²) >= 11 is 0. The summed E-state index contributed by atoms with van der Waals surface area (Å²) in [6.45, 7) is 6.41. The lowest BCUT2D eigenvalue weighted by molar-refractivity contribution is 0.312. The van der Waals surface area contributed by atoms with Gasteiger partial charge in [0.2, 0.25) is 0 Å². The second kappa shape index (κ2) is 8.63. The Morgan fingerprint density at radius 2 is 1.80 bits per heavy atom. The minimum Gasteiger partial charge on any atom is -0.354 e. The van der Waals surface area contributed by atoms with Crippen LogP contribution in [0.4, 0.5) is 5.69 Å². The standard InChI is InChI=1S/C28H32N6O/c1-17-13-21-16-23(28(35)29-24(21)14-18(17)2)26(33-19(3)15-20-9-7-8-12-25(20)33)27-30-31-32-34(27)22-10-5-4-6-11-22/h7-9,12-14,16,19,22,26H,4-6,10-11,15H2,1-3H3,(H,29,35)/t19-,26+/m1/s1. The van der Waals surface area contributed by atoms with Crippen molar-refractivity contribution in [2.75, 3.05) is 4.90 Å². The topological polar surface area (TPSA) is 79.7 Å². The number of hydrogen-bond donors (Lipinski definition) is 1. The van der Waals surface area contributed by atoms with Crippen LogP contribution >= 0.6 is 0 Å². The molecule has 2 atom stereocenters. The van der Waals surface area contributed by atoms with Crippen LogP contribution in [0, 0.1) is 13.8 Å². The first-order chi connectivity index (χ1) is 17.0. The van der Waals surface area contributed by atoms with Crippen LogP contribution in [0.1, 0.15) is 79.2 Å². The first-order valence-electron chi connectivity index (χ1n) is 12.8. The van der Waals surface area contributed by atoms with E-state index in [-0.39, 0.29) is 23.7 Å². The number of hydrogen-bond acceptors (Lipinski definition) is 5. The van der Waals surface area contributed by atoms with Gasteiger partial charge in [-0.1, -0.05) is 37.5 Å². The van der Waals surface area contributed by atoms with E-state index in [9.17, 15) is 4.79 Å². The number of tetrazole rings is 1. The molecule has 0 saturated heterocycles. The Morgan fingerprint density at radius 1 is 1.03 bits per heavy atom. The average Bonchev–Trinajstić information content (AvgIpc) is 3.46. The van der Waals surface area contributed by atoms with E-state index in [0.717, 1.165) is 41.7 Å². The Bertz CT molecular complexity index is 1450. The van der Waals surface area contributed by atoms with E-state index < -0.39 is 0 Å². The molecule has 0 unspecified atom stereocenters. The fraction of sp³-hybridized carbons (Fsp3) is 0.429. The molecule has 6 rings (SSSR count). The average molecular weight is 469 g/mol. The Labute approximate surface area is 205 Å². The molecule has 35 heavy (non-hydrogen) atoms. The number of aryl methyl sites for hydroxylation is 2. The van der Waals surface area contributed by atoms with Crippen molar-refractivity contribution in [3.63, 3.8) is 0 Å². The number of pyridine rings is 1. The van der Waals surface area contributed by atoms with Crippen molar-refractivity contribution in [2.24, 2.45) is 0 Å². The number of anilines is 1. The molecule has 7 nitrogen and oxygen atoms in total. The predicted octanol–water partition coefficient (Wildman–Crippen LogP) is 5.18. The zero-order valence-electron chi connectivity index (χ0n) is 20.7. The summed E-state index contributed by atoms with van der Waals surface area (Å²) in [5, 5.41) is 14.2.